The molecule has 270 valence electrons. The lowest BCUT2D eigenvalue weighted by Gasteiger charge is -2.35. The van der Waals surface area contributed by atoms with E-state index in [0.29, 0.717) is 0 Å². The molecule has 0 saturated carbocycles. The van der Waals surface area contributed by atoms with Gasteiger partial charge in [0.15, 0.2) is 0 Å². The molecular formula is C49H39BN4O2. The molecule has 4 aromatic heterocycles. The normalized spacial score (nSPS) is 16.7. The zero-order valence-electron chi connectivity index (χ0n) is 31.8. The molecule has 0 bridgehead atoms. The van der Waals surface area contributed by atoms with Crippen molar-refractivity contribution in [2.24, 2.45) is 0 Å². The topological polar surface area (TPSA) is 70.0 Å². The van der Waals surface area contributed by atoms with E-state index in [9.17, 15) is 0 Å². The summed E-state index contributed by atoms with van der Waals surface area (Å²) in [5, 5.41) is 4.13. The van der Waals surface area contributed by atoms with Gasteiger partial charge in [0, 0.05) is 46.3 Å². The molecule has 1 atom stereocenters. The van der Waals surface area contributed by atoms with Crippen LogP contribution >= 0.6 is 0 Å². The second-order valence-corrected chi connectivity index (χ2v) is 15.5. The van der Waals surface area contributed by atoms with Gasteiger partial charge in [-0.3, -0.25) is 19.9 Å². The van der Waals surface area contributed by atoms with Gasteiger partial charge in [0.1, 0.15) is 0 Å². The highest BCUT2D eigenvalue weighted by atomic mass is 16.7. The molecule has 0 radical (unpaired) electrons. The Bertz CT molecular complexity index is 2820. The fourth-order valence-corrected chi connectivity index (χ4v) is 8.30. The zero-order chi connectivity index (χ0) is 38.0. The van der Waals surface area contributed by atoms with E-state index in [1.54, 1.807) is 0 Å². The average molecular weight is 727 g/mol. The number of hydrogen-bond donors (Lipinski definition) is 0. The van der Waals surface area contributed by atoms with Crippen molar-refractivity contribution in [2.75, 3.05) is 0 Å². The van der Waals surface area contributed by atoms with Crippen LogP contribution in [0.2, 0.25) is 0 Å². The maximum Gasteiger partial charge on any atom is 0.494 e. The van der Waals surface area contributed by atoms with Crippen molar-refractivity contribution >= 4 is 56.2 Å². The summed E-state index contributed by atoms with van der Waals surface area (Å²) in [5.74, 6) is 0. The van der Waals surface area contributed by atoms with Crippen LogP contribution in [0.1, 0.15) is 34.1 Å². The van der Waals surface area contributed by atoms with Gasteiger partial charge in [-0.05, 0) is 132 Å². The Balaban J connectivity index is 1.14. The first kappa shape index (κ1) is 34.2. The molecule has 1 aliphatic heterocycles. The lowest BCUT2D eigenvalue weighted by molar-refractivity contribution is -0.0118. The summed E-state index contributed by atoms with van der Waals surface area (Å²) < 4.78 is 13.6. The minimum atomic E-state index is -0.538. The van der Waals surface area contributed by atoms with Crippen molar-refractivity contribution in [3.63, 3.8) is 0 Å². The molecule has 0 N–H and O–H groups in total. The summed E-state index contributed by atoms with van der Waals surface area (Å²) in [6.07, 6.45) is 8.32. The van der Waals surface area contributed by atoms with Crippen LogP contribution in [-0.2, 0) is 9.31 Å². The van der Waals surface area contributed by atoms with Crippen molar-refractivity contribution in [1.29, 1.82) is 0 Å². The number of pyridine rings is 4. The minimum absolute atomic E-state index is 0.447. The summed E-state index contributed by atoms with van der Waals surface area (Å²) in [6, 6.07) is 45.0. The van der Waals surface area contributed by atoms with E-state index < -0.39 is 18.3 Å². The van der Waals surface area contributed by atoms with Gasteiger partial charge in [-0.25, -0.2) is 0 Å². The second-order valence-electron chi connectivity index (χ2n) is 15.5. The predicted molar refractivity (Wildman–Crippen MR) is 230 cm³/mol. The van der Waals surface area contributed by atoms with Gasteiger partial charge < -0.3 is 9.31 Å². The largest absolute Gasteiger partial charge is 0.494 e. The fourth-order valence-electron chi connectivity index (χ4n) is 8.30. The van der Waals surface area contributed by atoms with Crippen LogP contribution < -0.4 is 5.46 Å². The van der Waals surface area contributed by atoms with Gasteiger partial charge >= 0.3 is 7.12 Å². The summed E-state index contributed by atoms with van der Waals surface area (Å²) in [6.45, 7) is 8.58. The van der Waals surface area contributed by atoms with Gasteiger partial charge in [0.05, 0.1) is 33.3 Å². The number of rotatable bonds is 6. The average Bonchev–Trinajstić information content (AvgIpc) is 3.50. The minimum Gasteiger partial charge on any atom is -0.399 e. The smallest absolute Gasteiger partial charge is 0.399 e. The van der Waals surface area contributed by atoms with E-state index in [2.05, 4.69) is 153 Å². The number of hydrogen-bond acceptors (Lipinski definition) is 6. The van der Waals surface area contributed by atoms with Gasteiger partial charge in [0.2, 0.25) is 0 Å². The maximum absolute atomic E-state index is 6.83. The first-order valence-electron chi connectivity index (χ1n) is 19.3. The molecule has 1 fully saturated rings. The third kappa shape index (κ3) is 5.66. The fraction of sp³-hybridized carbons (Fsp3) is 0.143. The summed E-state index contributed by atoms with van der Waals surface area (Å²) >= 11 is 0. The molecule has 9 aromatic rings. The van der Waals surface area contributed by atoms with E-state index in [-0.39, 0.29) is 0 Å². The first-order chi connectivity index (χ1) is 27.3. The van der Waals surface area contributed by atoms with Crippen molar-refractivity contribution in [3.05, 3.63) is 152 Å². The summed E-state index contributed by atoms with van der Waals surface area (Å²) in [5.41, 5.74) is 12.5. The third-order valence-corrected chi connectivity index (χ3v) is 11.9. The van der Waals surface area contributed by atoms with Gasteiger partial charge in [0.25, 0.3) is 0 Å². The number of fused-ring (bicyclic) bond motifs is 6. The van der Waals surface area contributed by atoms with Crippen LogP contribution in [0.3, 0.4) is 0 Å². The Morgan fingerprint density at radius 3 is 1.45 bits per heavy atom. The molecule has 5 heterocycles. The van der Waals surface area contributed by atoms with E-state index in [0.717, 1.165) is 100 Å². The molecule has 56 heavy (non-hydrogen) atoms. The van der Waals surface area contributed by atoms with Crippen molar-refractivity contribution < 1.29 is 9.31 Å². The molecule has 1 aliphatic rings. The Morgan fingerprint density at radius 2 is 0.982 bits per heavy atom. The number of nitrogens with zero attached hydrogens (tertiary/aromatic N) is 4. The number of benzene rings is 5. The van der Waals surface area contributed by atoms with E-state index in [4.69, 9.17) is 19.3 Å². The Morgan fingerprint density at radius 1 is 0.500 bits per heavy atom. The van der Waals surface area contributed by atoms with E-state index in [1.165, 1.54) is 0 Å². The molecule has 10 rings (SSSR count). The van der Waals surface area contributed by atoms with Crippen LogP contribution in [0.25, 0.3) is 88.1 Å². The van der Waals surface area contributed by atoms with Crippen LogP contribution in [0.15, 0.2) is 152 Å². The molecule has 0 amide bonds. The Kier molecular flexibility index (Phi) is 8.06. The monoisotopic (exact) mass is 726 g/mol. The quantitative estimate of drug-likeness (QED) is 0.125. The van der Waals surface area contributed by atoms with Crippen LogP contribution in [0, 0.1) is 0 Å². The van der Waals surface area contributed by atoms with Gasteiger partial charge in [-0.15, -0.1) is 0 Å². The second kappa shape index (κ2) is 13.2. The molecule has 0 spiro atoms. The highest BCUT2D eigenvalue weighted by Gasteiger charge is 2.53. The first-order valence-corrected chi connectivity index (χ1v) is 19.3. The molecule has 5 aromatic carbocycles. The maximum atomic E-state index is 6.83. The van der Waals surface area contributed by atoms with Crippen LogP contribution in [0.5, 0.6) is 0 Å². The number of aromatic nitrogens is 4. The van der Waals surface area contributed by atoms with Crippen LogP contribution in [0.4, 0.5) is 0 Å². The van der Waals surface area contributed by atoms with E-state index in [1.807, 2.05) is 36.9 Å². The SMILES string of the molecule is CCC1(C)OB(c2cc(-c3ccccc3-c3ccc4c(c3)ncc3cccnc34)cc(-c3ccccc3-c3ccc4c(c3)ncc3cccnc34)c2)OC1(C)C. The molecule has 1 saturated heterocycles. The standard InChI is InChI=1S/C49H39BN4O2/c1-5-49(4)48(2,3)55-50(56-49)37-25-35(40-16-8-6-14-38(40)31-18-20-42-44(27-31)53-29-33-12-10-22-51-46(33)42)24-36(26-37)41-17-9-7-15-39(41)32-19-21-43-45(28-32)54-30-34-13-11-23-52-47(34)43/h6-30H,5H2,1-4H3. The Labute approximate surface area is 326 Å². The highest BCUT2D eigenvalue weighted by molar-refractivity contribution is 6.62. The predicted octanol–water partition coefficient (Wildman–Crippen LogP) is 11.2. The molecule has 0 aliphatic carbocycles. The van der Waals surface area contributed by atoms with Crippen molar-refractivity contribution in [3.8, 4) is 44.5 Å². The highest BCUT2D eigenvalue weighted by Crippen LogP contribution is 2.42. The molecule has 7 heteroatoms. The summed E-state index contributed by atoms with van der Waals surface area (Å²) in [7, 11) is -0.538. The third-order valence-electron chi connectivity index (χ3n) is 11.9. The van der Waals surface area contributed by atoms with Crippen molar-refractivity contribution in [2.45, 2.75) is 45.3 Å². The van der Waals surface area contributed by atoms with Gasteiger partial charge in [-0.2, -0.15) is 0 Å². The lowest BCUT2D eigenvalue weighted by atomic mass is 9.75. The lowest BCUT2D eigenvalue weighted by Crippen LogP contribution is -2.44. The molecule has 1 unspecified atom stereocenters. The zero-order valence-corrected chi connectivity index (χ0v) is 31.8. The molecular weight excluding hydrogens is 687 g/mol. The van der Waals surface area contributed by atoms with Gasteiger partial charge in [-0.1, -0.05) is 79.7 Å². The molecule has 6 nitrogen and oxygen atoms in total. The van der Waals surface area contributed by atoms with Crippen molar-refractivity contribution in [1.82, 2.24) is 19.9 Å². The summed E-state index contributed by atoms with van der Waals surface area (Å²) in [4.78, 5) is 19.0. The van der Waals surface area contributed by atoms with E-state index >= 15 is 0 Å². The Hall–Kier alpha value is -6.28. The van der Waals surface area contributed by atoms with Crippen LogP contribution in [-0.4, -0.2) is 38.3 Å².